The summed E-state index contributed by atoms with van der Waals surface area (Å²) in [5.41, 5.74) is 3.65. The van der Waals surface area contributed by atoms with Crippen molar-refractivity contribution in [3.8, 4) is 5.75 Å². The number of benzene rings is 1. The number of carbonyl (C=O) groups is 1. The minimum Gasteiger partial charge on any atom is -0.489 e. The maximum Gasteiger partial charge on any atom is 0.273 e. The lowest BCUT2D eigenvalue weighted by Crippen LogP contribution is -2.25. The maximum absolute atomic E-state index is 12.5. The quantitative estimate of drug-likeness (QED) is 0.915. The molecule has 0 aliphatic heterocycles. The third-order valence-electron chi connectivity index (χ3n) is 3.94. The van der Waals surface area contributed by atoms with Crippen molar-refractivity contribution < 1.29 is 9.53 Å². The second-order valence-corrected chi connectivity index (χ2v) is 6.95. The molecule has 5 heteroatoms. The van der Waals surface area contributed by atoms with E-state index in [2.05, 4.69) is 55.5 Å². The maximum atomic E-state index is 12.5. The average Bonchev–Trinajstić information content (AvgIpc) is 2.79. The third-order valence-corrected chi connectivity index (χ3v) is 3.94. The molecule has 1 N–H and O–H groups in total. The molecule has 0 saturated heterocycles. The molecule has 0 bridgehead atoms. The predicted molar refractivity (Wildman–Crippen MR) is 95.4 cm³/mol. The lowest BCUT2D eigenvalue weighted by atomic mass is 9.87. The van der Waals surface area contributed by atoms with Crippen molar-refractivity contribution in [1.29, 1.82) is 0 Å². The Kier molecular flexibility index (Phi) is 5.32. The number of ether oxygens (including phenoxy) is 1. The summed E-state index contributed by atoms with van der Waals surface area (Å²) < 4.78 is 7.14. The van der Waals surface area contributed by atoms with Gasteiger partial charge < -0.3 is 10.1 Å². The van der Waals surface area contributed by atoms with Gasteiger partial charge in [0.1, 0.15) is 5.69 Å². The van der Waals surface area contributed by atoms with Crippen molar-refractivity contribution in [3.63, 3.8) is 0 Å². The van der Waals surface area contributed by atoms with Gasteiger partial charge in [0.05, 0.1) is 6.61 Å². The fourth-order valence-corrected chi connectivity index (χ4v) is 2.59. The Morgan fingerprint density at radius 2 is 1.88 bits per heavy atom. The summed E-state index contributed by atoms with van der Waals surface area (Å²) >= 11 is 0. The van der Waals surface area contributed by atoms with Crippen molar-refractivity contribution in [3.05, 3.63) is 46.8 Å². The zero-order valence-electron chi connectivity index (χ0n) is 15.4. The Balaban J connectivity index is 2.09. The minimum atomic E-state index is -0.179. The summed E-state index contributed by atoms with van der Waals surface area (Å²) in [6, 6.07) is 8.33. The molecular weight excluding hydrogens is 302 g/mol. The first-order valence-electron chi connectivity index (χ1n) is 8.28. The fourth-order valence-electron chi connectivity index (χ4n) is 2.59. The Hall–Kier alpha value is -2.30. The van der Waals surface area contributed by atoms with Gasteiger partial charge in [-0.2, -0.15) is 5.10 Å². The van der Waals surface area contributed by atoms with E-state index in [0.29, 0.717) is 24.6 Å². The number of carbonyl (C=O) groups excluding carboxylic acids is 1. The Morgan fingerprint density at radius 1 is 1.25 bits per heavy atom. The van der Waals surface area contributed by atoms with E-state index in [-0.39, 0.29) is 11.3 Å². The van der Waals surface area contributed by atoms with Crippen LogP contribution in [-0.2, 0) is 19.0 Å². The van der Waals surface area contributed by atoms with Gasteiger partial charge in [0.15, 0.2) is 11.4 Å². The van der Waals surface area contributed by atoms with Crippen molar-refractivity contribution in [2.75, 3.05) is 6.61 Å². The highest BCUT2D eigenvalue weighted by Crippen LogP contribution is 2.23. The molecule has 0 saturated carbocycles. The number of amides is 1. The van der Waals surface area contributed by atoms with E-state index in [1.54, 1.807) is 11.7 Å². The van der Waals surface area contributed by atoms with Crippen LogP contribution in [0, 0.1) is 6.92 Å². The highest BCUT2D eigenvalue weighted by atomic mass is 16.5. The van der Waals surface area contributed by atoms with Crippen LogP contribution >= 0.6 is 0 Å². The molecule has 0 fully saturated rings. The molecule has 1 heterocycles. The van der Waals surface area contributed by atoms with Crippen molar-refractivity contribution in [1.82, 2.24) is 15.1 Å². The largest absolute Gasteiger partial charge is 0.489 e. The molecule has 0 aliphatic rings. The van der Waals surface area contributed by atoms with Gasteiger partial charge in [-0.25, -0.2) is 0 Å². The van der Waals surface area contributed by atoms with Gasteiger partial charge in [-0.1, -0.05) is 45.0 Å². The van der Waals surface area contributed by atoms with E-state index >= 15 is 0 Å². The summed E-state index contributed by atoms with van der Waals surface area (Å²) in [5, 5.41) is 7.22. The number of aryl methyl sites for hydroxylation is 2. The standard InChI is InChI=1S/C19H27N3O2/c1-7-24-17-13(2)21-22(6)16(17)18(23)20-12-14-8-10-15(11-9-14)19(3,4)5/h8-11H,7,12H2,1-6H3,(H,20,23). The molecule has 0 unspecified atom stereocenters. The van der Waals surface area contributed by atoms with Crippen LogP contribution in [0.3, 0.4) is 0 Å². The average molecular weight is 329 g/mol. The van der Waals surface area contributed by atoms with E-state index in [9.17, 15) is 4.79 Å². The fraction of sp³-hybridized carbons (Fsp3) is 0.474. The van der Waals surface area contributed by atoms with Crippen molar-refractivity contribution in [2.24, 2.45) is 7.05 Å². The molecule has 5 nitrogen and oxygen atoms in total. The summed E-state index contributed by atoms with van der Waals surface area (Å²) in [6.07, 6.45) is 0. The second-order valence-electron chi connectivity index (χ2n) is 6.95. The number of hydrogen-bond donors (Lipinski definition) is 1. The number of rotatable bonds is 5. The zero-order valence-corrected chi connectivity index (χ0v) is 15.4. The van der Waals surface area contributed by atoms with E-state index in [1.165, 1.54) is 5.56 Å². The summed E-state index contributed by atoms with van der Waals surface area (Å²) in [4.78, 5) is 12.5. The molecule has 0 aliphatic carbocycles. The number of aromatic nitrogens is 2. The number of hydrogen-bond acceptors (Lipinski definition) is 3. The molecule has 2 aromatic rings. The Bertz CT molecular complexity index is 709. The van der Waals surface area contributed by atoms with Gasteiger partial charge in [0.25, 0.3) is 5.91 Å². The molecular formula is C19H27N3O2. The number of nitrogens with zero attached hydrogens (tertiary/aromatic N) is 2. The zero-order chi connectivity index (χ0) is 17.9. The van der Waals surface area contributed by atoms with Gasteiger partial charge >= 0.3 is 0 Å². The molecule has 2 rings (SSSR count). The van der Waals surface area contributed by atoms with Gasteiger partial charge in [-0.3, -0.25) is 9.48 Å². The van der Waals surface area contributed by atoms with Crippen LogP contribution in [0.2, 0.25) is 0 Å². The summed E-state index contributed by atoms with van der Waals surface area (Å²) in [5.74, 6) is 0.377. The number of nitrogens with one attached hydrogen (secondary N) is 1. The molecule has 0 atom stereocenters. The molecule has 1 aromatic carbocycles. The van der Waals surface area contributed by atoms with Gasteiger partial charge in [-0.05, 0) is 30.4 Å². The smallest absolute Gasteiger partial charge is 0.273 e. The first-order valence-corrected chi connectivity index (χ1v) is 8.28. The first-order chi connectivity index (χ1) is 11.2. The van der Waals surface area contributed by atoms with Crippen LogP contribution in [-0.4, -0.2) is 22.3 Å². The van der Waals surface area contributed by atoms with E-state index < -0.39 is 0 Å². The summed E-state index contributed by atoms with van der Waals surface area (Å²) in [7, 11) is 1.75. The topological polar surface area (TPSA) is 56.2 Å². The van der Waals surface area contributed by atoms with Crippen LogP contribution in [0.25, 0.3) is 0 Å². The third kappa shape index (κ3) is 3.96. The van der Waals surface area contributed by atoms with Crippen LogP contribution < -0.4 is 10.1 Å². The van der Waals surface area contributed by atoms with E-state index in [1.807, 2.05) is 13.8 Å². The van der Waals surface area contributed by atoms with E-state index in [4.69, 9.17) is 4.74 Å². The minimum absolute atomic E-state index is 0.125. The SMILES string of the molecule is CCOc1c(C)nn(C)c1C(=O)NCc1ccc(C(C)(C)C)cc1. The van der Waals surface area contributed by atoms with Crippen LogP contribution in [0.5, 0.6) is 5.75 Å². The normalized spacial score (nSPS) is 11.4. The molecule has 24 heavy (non-hydrogen) atoms. The highest BCUT2D eigenvalue weighted by molar-refractivity contribution is 5.95. The first kappa shape index (κ1) is 18.0. The van der Waals surface area contributed by atoms with Crippen molar-refractivity contribution in [2.45, 2.75) is 46.6 Å². The Labute approximate surface area is 144 Å². The second kappa shape index (κ2) is 7.07. The highest BCUT2D eigenvalue weighted by Gasteiger charge is 2.21. The molecule has 0 radical (unpaired) electrons. The van der Waals surface area contributed by atoms with Gasteiger partial charge in [-0.15, -0.1) is 0 Å². The van der Waals surface area contributed by atoms with Crippen LogP contribution in [0.15, 0.2) is 24.3 Å². The molecule has 1 aromatic heterocycles. The van der Waals surface area contributed by atoms with Crippen LogP contribution in [0.4, 0.5) is 0 Å². The van der Waals surface area contributed by atoms with Crippen LogP contribution in [0.1, 0.15) is 55.0 Å². The lowest BCUT2D eigenvalue weighted by molar-refractivity contribution is 0.0937. The van der Waals surface area contributed by atoms with Gasteiger partial charge in [0, 0.05) is 13.6 Å². The van der Waals surface area contributed by atoms with Crippen molar-refractivity contribution >= 4 is 5.91 Å². The monoisotopic (exact) mass is 329 g/mol. The molecule has 1 amide bonds. The van der Waals surface area contributed by atoms with E-state index in [0.717, 1.165) is 11.3 Å². The molecule has 130 valence electrons. The molecule has 0 spiro atoms. The van der Waals surface area contributed by atoms with Gasteiger partial charge in [0.2, 0.25) is 0 Å². The Morgan fingerprint density at radius 3 is 2.42 bits per heavy atom. The summed E-state index contributed by atoms with van der Waals surface area (Å²) in [6.45, 7) is 11.3. The predicted octanol–water partition coefficient (Wildman–Crippen LogP) is 3.35. The lowest BCUT2D eigenvalue weighted by Gasteiger charge is -2.19.